The average molecular weight is 384 g/mol. The molecule has 26 heavy (non-hydrogen) atoms. The van der Waals surface area contributed by atoms with Crippen molar-refractivity contribution in [1.29, 1.82) is 0 Å². The van der Waals surface area contributed by atoms with Crippen molar-refractivity contribution in [2.45, 2.75) is 115 Å². The Balaban J connectivity index is 2.42. The Labute approximate surface area is 161 Å². The van der Waals surface area contributed by atoms with Gasteiger partial charge in [-0.05, 0) is 6.42 Å². The van der Waals surface area contributed by atoms with Crippen LogP contribution in [-0.4, -0.2) is 32.6 Å². The molecule has 0 saturated carbocycles. The van der Waals surface area contributed by atoms with Gasteiger partial charge >= 0.3 is 5.97 Å². The highest BCUT2D eigenvalue weighted by Gasteiger charge is 2.30. The molecule has 1 amide bonds. The number of hydrogen-bond acceptors (Lipinski definition) is 3. The van der Waals surface area contributed by atoms with Crippen molar-refractivity contribution in [2.75, 3.05) is 6.61 Å². The number of nitrogens with one attached hydrogen (secondary N) is 1. The second-order valence-corrected chi connectivity index (χ2v) is 13.1. The van der Waals surface area contributed by atoms with Gasteiger partial charge in [0.25, 0.3) is 0 Å². The lowest BCUT2D eigenvalue weighted by Gasteiger charge is -2.32. The highest BCUT2D eigenvalue weighted by molar-refractivity contribution is 6.79. The lowest BCUT2D eigenvalue weighted by Crippen LogP contribution is -2.38. The number of carbonyl (C=O) groups is 2. The summed E-state index contributed by atoms with van der Waals surface area (Å²) >= 11 is 0. The van der Waals surface area contributed by atoms with Gasteiger partial charge in [0.1, 0.15) is 6.04 Å². The number of cyclic esters (lactones) is 1. The predicted molar refractivity (Wildman–Crippen MR) is 111 cm³/mol. The second kappa shape index (κ2) is 13.3. The van der Waals surface area contributed by atoms with Crippen LogP contribution in [-0.2, 0) is 14.3 Å². The molecule has 1 N–H and O–H groups in total. The molecule has 0 aliphatic carbocycles. The molecule has 4 nitrogen and oxygen atoms in total. The summed E-state index contributed by atoms with van der Waals surface area (Å²) in [6.45, 7) is 7.34. The molecule has 1 atom stereocenters. The van der Waals surface area contributed by atoms with Crippen molar-refractivity contribution in [3.8, 4) is 0 Å². The topological polar surface area (TPSA) is 55.4 Å². The molecule has 0 aromatic rings. The summed E-state index contributed by atoms with van der Waals surface area (Å²) in [4.78, 5) is 23.5. The summed E-state index contributed by atoms with van der Waals surface area (Å²) in [7, 11) is -1.18. The molecule has 1 unspecified atom stereocenters. The Morgan fingerprint density at radius 3 is 1.96 bits per heavy atom. The number of unbranched alkanes of at least 4 members (excludes halogenated alkanes) is 4. The lowest BCUT2D eigenvalue weighted by atomic mass is 10.2. The van der Waals surface area contributed by atoms with Crippen LogP contribution in [0.4, 0.5) is 0 Å². The minimum absolute atomic E-state index is 0.0109. The van der Waals surface area contributed by atoms with Crippen LogP contribution in [0.15, 0.2) is 0 Å². The predicted octanol–water partition coefficient (Wildman–Crippen LogP) is 5.44. The van der Waals surface area contributed by atoms with Gasteiger partial charge in [-0.3, -0.25) is 4.79 Å². The van der Waals surface area contributed by atoms with Crippen molar-refractivity contribution in [3.63, 3.8) is 0 Å². The molecule has 1 aliphatic rings. The van der Waals surface area contributed by atoms with E-state index in [2.05, 4.69) is 26.1 Å². The van der Waals surface area contributed by atoms with Crippen LogP contribution in [0.3, 0.4) is 0 Å². The van der Waals surface area contributed by atoms with E-state index in [0.717, 1.165) is 6.42 Å². The van der Waals surface area contributed by atoms with Gasteiger partial charge in [0, 0.05) is 12.8 Å². The lowest BCUT2D eigenvalue weighted by molar-refractivity contribution is -0.141. The molecular formula is C21H41NO3Si. The summed E-state index contributed by atoms with van der Waals surface area (Å²) in [6, 6.07) is 5.40. The van der Waals surface area contributed by atoms with Crippen LogP contribution in [0.25, 0.3) is 0 Å². The van der Waals surface area contributed by atoms with E-state index >= 15 is 0 Å². The van der Waals surface area contributed by atoms with E-state index in [1.54, 1.807) is 0 Å². The fraction of sp³-hybridized carbons (Fsp3) is 0.905. The highest BCUT2D eigenvalue weighted by atomic mass is 28.3. The van der Waals surface area contributed by atoms with Crippen LogP contribution in [0, 0.1) is 0 Å². The van der Waals surface area contributed by atoms with Crippen molar-refractivity contribution < 1.29 is 14.3 Å². The maximum absolute atomic E-state index is 12.1. The molecule has 0 aromatic carbocycles. The number of rotatable bonds is 15. The summed E-state index contributed by atoms with van der Waals surface area (Å²) in [5.74, 6) is -0.264. The fourth-order valence-corrected chi connectivity index (χ4v) is 9.89. The number of ether oxygens (including phenoxy) is 1. The van der Waals surface area contributed by atoms with Crippen LogP contribution >= 0.6 is 0 Å². The zero-order chi connectivity index (χ0) is 19.3. The first-order valence-electron chi connectivity index (χ1n) is 11.0. The van der Waals surface area contributed by atoms with Crippen LogP contribution in [0.1, 0.15) is 85.0 Å². The van der Waals surface area contributed by atoms with Crippen LogP contribution in [0.2, 0.25) is 24.2 Å². The fourth-order valence-electron chi connectivity index (χ4n) is 4.08. The van der Waals surface area contributed by atoms with Crippen molar-refractivity contribution >= 4 is 20.0 Å². The molecule has 1 aliphatic heterocycles. The summed E-state index contributed by atoms with van der Waals surface area (Å²) in [5, 5.41) is 2.83. The van der Waals surface area contributed by atoms with Crippen LogP contribution in [0.5, 0.6) is 0 Å². The molecule has 0 radical (unpaired) electrons. The van der Waals surface area contributed by atoms with Gasteiger partial charge in [0.15, 0.2) is 0 Å². The maximum Gasteiger partial charge on any atom is 0.328 e. The van der Waals surface area contributed by atoms with Gasteiger partial charge in [-0.1, -0.05) is 89.9 Å². The second-order valence-electron chi connectivity index (χ2n) is 8.09. The Morgan fingerprint density at radius 1 is 0.962 bits per heavy atom. The first kappa shape index (κ1) is 23.2. The normalized spacial score (nSPS) is 17.3. The minimum Gasteiger partial charge on any atom is -0.464 e. The van der Waals surface area contributed by atoms with E-state index in [-0.39, 0.29) is 11.9 Å². The first-order valence-corrected chi connectivity index (χ1v) is 13.9. The average Bonchev–Trinajstić information content (AvgIpc) is 3.04. The Hall–Kier alpha value is -0.843. The minimum atomic E-state index is -1.18. The number of carbonyl (C=O) groups excluding carboxylic acids is 2. The largest absolute Gasteiger partial charge is 0.464 e. The Morgan fingerprint density at radius 2 is 1.50 bits per heavy atom. The molecule has 1 rings (SSSR count). The standard InChI is InChI=1S/C21H41NO3Si/c1-4-7-15-26(16-8-5-2,17-9-6-3)18-11-10-12-20(23)22-19-13-14-25-21(19)24/h19H,4-18H2,1-3H3,(H,22,23). The van der Waals surface area contributed by atoms with Crippen LogP contribution < -0.4 is 5.32 Å². The zero-order valence-electron chi connectivity index (χ0n) is 17.4. The third-order valence-electron chi connectivity index (χ3n) is 5.81. The molecule has 0 bridgehead atoms. The van der Waals surface area contributed by atoms with Gasteiger partial charge in [0.2, 0.25) is 5.91 Å². The zero-order valence-corrected chi connectivity index (χ0v) is 18.4. The summed E-state index contributed by atoms with van der Waals surface area (Å²) < 4.78 is 4.90. The number of amides is 1. The van der Waals surface area contributed by atoms with E-state index < -0.39 is 14.1 Å². The highest BCUT2D eigenvalue weighted by Crippen LogP contribution is 2.33. The number of hydrogen-bond donors (Lipinski definition) is 1. The molecule has 1 heterocycles. The van der Waals surface area contributed by atoms with Crippen molar-refractivity contribution in [2.24, 2.45) is 0 Å². The Kier molecular flexibility index (Phi) is 11.9. The van der Waals surface area contributed by atoms with E-state index in [4.69, 9.17) is 4.74 Å². The van der Waals surface area contributed by atoms with E-state index in [0.29, 0.717) is 19.4 Å². The van der Waals surface area contributed by atoms with E-state index in [1.807, 2.05) is 0 Å². The molecular weight excluding hydrogens is 342 g/mol. The Bertz CT molecular complexity index is 392. The third-order valence-corrected chi connectivity index (χ3v) is 11.5. The van der Waals surface area contributed by atoms with Gasteiger partial charge in [-0.2, -0.15) is 0 Å². The molecule has 1 fully saturated rings. The van der Waals surface area contributed by atoms with E-state index in [9.17, 15) is 9.59 Å². The van der Waals surface area contributed by atoms with Gasteiger partial charge < -0.3 is 10.1 Å². The molecule has 0 aromatic heterocycles. The third kappa shape index (κ3) is 8.70. The maximum atomic E-state index is 12.1. The monoisotopic (exact) mass is 383 g/mol. The molecule has 0 spiro atoms. The first-order chi connectivity index (χ1) is 12.6. The quantitative estimate of drug-likeness (QED) is 0.233. The SMILES string of the molecule is CCCC[Si](CCCC)(CCCC)CCCCC(=O)NC1CCOC1=O. The molecule has 152 valence electrons. The summed E-state index contributed by atoms with van der Waals surface area (Å²) in [6.07, 6.45) is 11.3. The van der Waals surface area contributed by atoms with Gasteiger partial charge in [0.05, 0.1) is 14.7 Å². The van der Waals surface area contributed by atoms with Gasteiger partial charge in [-0.15, -0.1) is 0 Å². The smallest absolute Gasteiger partial charge is 0.328 e. The number of esters is 1. The van der Waals surface area contributed by atoms with Crippen molar-refractivity contribution in [3.05, 3.63) is 0 Å². The van der Waals surface area contributed by atoms with Crippen molar-refractivity contribution in [1.82, 2.24) is 5.32 Å². The molecule has 1 saturated heterocycles. The molecule has 5 heteroatoms. The van der Waals surface area contributed by atoms with Gasteiger partial charge in [-0.25, -0.2) is 4.79 Å². The summed E-state index contributed by atoms with van der Waals surface area (Å²) in [5.41, 5.74) is 0. The van der Waals surface area contributed by atoms with E-state index in [1.165, 1.54) is 69.1 Å².